The van der Waals surface area contributed by atoms with E-state index < -0.39 is 0 Å². The number of ether oxygens (including phenoxy) is 2. The van der Waals surface area contributed by atoms with Gasteiger partial charge in [-0.2, -0.15) is 0 Å². The summed E-state index contributed by atoms with van der Waals surface area (Å²) >= 11 is 0. The van der Waals surface area contributed by atoms with Crippen molar-refractivity contribution >= 4 is 11.9 Å². The van der Waals surface area contributed by atoms with Crippen LogP contribution in [0, 0.1) is 68.5 Å². The fraction of sp³-hybridized carbons (Fsp3) is 0.842. The van der Waals surface area contributed by atoms with Gasteiger partial charge in [0, 0.05) is 13.8 Å². The molecule has 3 fully saturated rings. The van der Waals surface area contributed by atoms with Crippen LogP contribution < -0.4 is 0 Å². The molecular formula is C38H60O4. The zero-order valence-corrected chi connectivity index (χ0v) is 28.4. The largest absolute Gasteiger partial charge is 0.462 e. The Bertz CT molecular complexity index is 1120. The number of esters is 2. The van der Waals surface area contributed by atoms with E-state index in [1.807, 2.05) is 0 Å². The molecule has 4 heteroatoms. The molecule has 0 aliphatic heterocycles. The van der Waals surface area contributed by atoms with Crippen LogP contribution >= 0.6 is 0 Å². The van der Waals surface area contributed by atoms with Crippen LogP contribution in [0.3, 0.4) is 0 Å². The molecule has 0 N–H and O–H groups in total. The molecule has 5 rings (SSSR count). The fourth-order valence-electron chi connectivity index (χ4n) is 11.9. The zero-order valence-electron chi connectivity index (χ0n) is 28.4. The molecule has 0 spiro atoms. The SMILES string of the molecule is CC(=O)OC[C@@H](CC[C@@H](C)[C@H]1CC[C@]2(C)[C@H]3C=C[C@@H]4[C@@]5(C)CC[C@H](C)C(C)(C)[C@H]5C=C[C@@]4(C)[C@]3(C)CC[C@@H]12)OC(C)=O. The first kappa shape index (κ1) is 31.8. The summed E-state index contributed by atoms with van der Waals surface area (Å²) in [5.74, 6) is 3.92. The number of carbonyl (C=O) groups excluding carboxylic acids is 2. The predicted molar refractivity (Wildman–Crippen MR) is 169 cm³/mol. The summed E-state index contributed by atoms with van der Waals surface area (Å²) in [5, 5.41) is 0. The van der Waals surface area contributed by atoms with Crippen molar-refractivity contribution in [1.82, 2.24) is 0 Å². The van der Waals surface area contributed by atoms with Crippen LogP contribution in [0.25, 0.3) is 0 Å². The van der Waals surface area contributed by atoms with Crippen LogP contribution in [0.5, 0.6) is 0 Å². The summed E-state index contributed by atoms with van der Waals surface area (Å²) in [5.41, 5.74) is 1.41. The Morgan fingerprint density at radius 3 is 2.14 bits per heavy atom. The molecular weight excluding hydrogens is 520 g/mol. The lowest BCUT2D eigenvalue weighted by Gasteiger charge is -2.69. The van der Waals surface area contributed by atoms with E-state index in [0.29, 0.717) is 45.8 Å². The molecule has 4 nitrogen and oxygen atoms in total. The molecule has 0 aromatic rings. The van der Waals surface area contributed by atoms with Gasteiger partial charge in [0.05, 0.1) is 0 Å². The van der Waals surface area contributed by atoms with Crippen LogP contribution in [-0.2, 0) is 19.1 Å². The normalized spacial score (nSPS) is 46.4. The highest BCUT2D eigenvalue weighted by molar-refractivity contribution is 5.67. The topological polar surface area (TPSA) is 52.6 Å². The quantitative estimate of drug-likeness (QED) is 0.222. The molecule has 0 bridgehead atoms. The molecule has 5 aliphatic rings. The number of allylic oxidation sites excluding steroid dienone is 4. The lowest BCUT2D eigenvalue weighted by Crippen LogP contribution is -2.63. The molecule has 236 valence electrons. The number of fused-ring (bicyclic) bond motifs is 7. The van der Waals surface area contributed by atoms with E-state index in [-0.39, 0.29) is 35.5 Å². The first-order chi connectivity index (χ1) is 19.5. The van der Waals surface area contributed by atoms with Gasteiger partial charge in [0.15, 0.2) is 0 Å². The van der Waals surface area contributed by atoms with E-state index in [0.717, 1.165) is 24.7 Å². The van der Waals surface area contributed by atoms with Crippen molar-refractivity contribution in [3.8, 4) is 0 Å². The first-order valence-corrected chi connectivity index (χ1v) is 17.2. The molecule has 5 aliphatic carbocycles. The van der Waals surface area contributed by atoms with Crippen molar-refractivity contribution in [2.45, 2.75) is 127 Å². The standard InChI is InChI=1S/C38H60O4/c1-24(11-12-28(42-27(4)40)23-41-26(3)39)29-16-20-35(7)30(29)17-21-37(9)32(35)13-14-33-36(8)19-15-25(2)34(5,6)31(36)18-22-38(33,37)10/h13-14,18,22,24-25,28-33H,11-12,15-17,19-21,23H2,1-10H3/t24-,25+,28-,29-,30+,31-,32-,33-,35+,36+,37-,38-/m1/s1. The molecule has 0 heterocycles. The summed E-state index contributed by atoms with van der Waals surface area (Å²) in [6.07, 6.45) is 20.1. The molecule has 0 saturated heterocycles. The van der Waals surface area contributed by atoms with Crippen molar-refractivity contribution in [1.29, 1.82) is 0 Å². The zero-order chi connectivity index (χ0) is 30.9. The van der Waals surface area contributed by atoms with E-state index >= 15 is 0 Å². The summed E-state index contributed by atoms with van der Waals surface area (Å²) in [7, 11) is 0. The van der Waals surface area contributed by atoms with E-state index in [2.05, 4.69) is 79.7 Å². The monoisotopic (exact) mass is 580 g/mol. The minimum absolute atomic E-state index is 0.155. The molecule has 42 heavy (non-hydrogen) atoms. The van der Waals surface area contributed by atoms with Gasteiger partial charge in [-0.05, 0) is 120 Å². The average molecular weight is 581 g/mol. The Hall–Kier alpha value is -1.58. The second-order valence-electron chi connectivity index (χ2n) is 17.1. The van der Waals surface area contributed by atoms with Crippen LogP contribution in [-0.4, -0.2) is 24.6 Å². The highest BCUT2D eigenvalue weighted by Gasteiger charge is 2.68. The van der Waals surface area contributed by atoms with Gasteiger partial charge in [0.1, 0.15) is 12.7 Å². The maximum atomic E-state index is 11.7. The molecule has 12 atom stereocenters. The highest BCUT2D eigenvalue weighted by atomic mass is 16.6. The second-order valence-corrected chi connectivity index (χ2v) is 17.1. The second kappa shape index (κ2) is 10.8. The Kier molecular flexibility index (Phi) is 8.18. The van der Waals surface area contributed by atoms with Gasteiger partial charge in [0.2, 0.25) is 0 Å². The van der Waals surface area contributed by atoms with Gasteiger partial charge >= 0.3 is 11.9 Å². The molecule has 0 radical (unpaired) electrons. The van der Waals surface area contributed by atoms with Crippen LogP contribution in [0.4, 0.5) is 0 Å². The molecule has 0 aromatic carbocycles. The number of hydrogen-bond donors (Lipinski definition) is 0. The third-order valence-electron chi connectivity index (χ3n) is 14.8. The minimum atomic E-state index is -0.356. The molecule has 0 aromatic heterocycles. The predicted octanol–water partition coefficient (Wildman–Crippen LogP) is 9.19. The minimum Gasteiger partial charge on any atom is -0.462 e. The number of hydrogen-bond acceptors (Lipinski definition) is 4. The van der Waals surface area contributed by atoms with Crippen molar-refractivity contribution in [2.24, 2.45) is 68.5 Å². The van der Waals surface area contributed by atoms with Crippen molar-refractivity contribution in [3.05, 3.63) is 24.3 Å². The fourth-order valence-corrected chi connectivity index (χ4v) is 11.9. The van der Waals surface area contributed by atoms with Crippen LogP contribution in [0.1, 0.15) is 121 Å². The van der Waals surface area contributed by atoms with Gasteiger partial charge in [0.25, 0.3) is 0 Å². The third-order valence-corrected chi connectivity index (χ3v) is 14.8. The van der Waals surface area contributed by atoms with Crippen molar-refractivity contribution in [2.75, 3.05) is 6.61 Å². The van der Waals surface area contributed by atoms with Gasteiger partial charge < -0.3 is 9.47 Å². The van der Waals surface area contributed by atoms with E-state index in [1.54, 1.807) is 0 Å². The Balaban J connectivity index is 1.36. The van der Waals surface area contributed by atoms with Gasteiger partial charge in [-0.15, -0.1) is 0 Å². The van der Waals surface area contributed by atoms with Crippen LogP contribution in [0.2, 0.25) is 0 Å². The summed E-state index contributed by atoms with van der Waals surface area (Å²) in [4.78, 5) is 23.1. The number of carbonyl (C=O) groups is 2. The van der Waals surface area contributed by atoms with E-state index in [1.165, 1.54) is 52.4 Å². The lowest BCUT2D eigenvalue weighted by atomic mass is 9.34. The van der Waals surface area contributed by atoms with Crippen LogP contribution in [0.15, 0.2) is 24.3 Å². The van der Waals surface area contributed by atoms with Gasteiger partial charge in [-0.3, -0.25) is 9.59 Å². The molecule has 3 saturated carbocycles. The summed E-state index contributed by atoms with van der Waals surface area (Å²) in [6, 6.07) is 0. The average Bonchev–Trinajstić information content (AvgIpc) is 3.25. The van der Waals surface area contributed by atoms with Gasteiger partial charge in [-0.25, -0.2) is 0 Å². The van der Waals surface area contributed by atoms with E-state index in [4.69, 9.17) is 9.47 Å². The Morgan fingerprint density at radius 1 is 0.810 bits per heavy atom. The highest BCUT2D eigenvalue weighted by Crippen LogP contribution is 2.75. The third kappa shape index (κ3) is 4.75. The van der Waals surface area contributed by atoms with Gasteiger partial charge in [-0.1, -0.05) is 79.7 Å². The molecule has 0 amide bonds. The summed E-state index contributed by atoms with van der Waals surface area (Å²) < 4.78 is 10.7. The smallest absolute Gasteiger partial charge is 0.303 e. The maximum absolute atomic E-state index is 11.7. The number of rotatable bonds is 7. The Morgan fingerprint density at radius 2 is 1.48 bits per heavy atom. The van der Waals surface area contributed by atoms with Crippen molar-refractivity contribution < 1.29 is 19.1 Å². The summed E-state index contributed by atoms with van der Waals surface area (Å²) in [6.45, 7) is 23.5. The molecule has 0 unspecified atom stereocenters. The lowest BCUT2D eigenvalue weighted by molar-refractivity contribution is -0.157. The first-order valence-electron chi connectivity index (χ1n) is 17.2. The van der Waals surface area contributed by atoms with Crippen molar-refractivity contribution in [3.63, 3.8) is 0 Å². The Labute approximate surface area is 256 Å². The van der Waals surface area contributed by atoms with E-state index in [9.17, 15) is 9.59 Å². The maximum Gasteiger partial charge on any atom is 0.303 e.